The van der Waals surface area contributed by atoms with Gasteiger partial charge in [0.1, 0.15) is 5.82 Å². The number of nitrogens with zero attached hydrogens (tertiary/aromatic N) is 2. The molecule has 0 unspecified atom stereocenters. The van der Waals surface area contributed by atoms with Crippen molar-refractivity contribution in [3.05, 3.63) is 23.9 Å². The van der Waals surface area contributed by atoms with Gasteiger partial charge >= 0.3 is 0 Å². The van der Waals surface area contributed by atoms with E-state index < -0.39 is 0 Å². The van der Waals surface area contributed by atoms with Gasteiger partial charge < -0.3 is 10.6 Å². The highest BCUT2D eigenvalue weighted by Gasteiger charge is 2.04. The van der Waals surface area contributed by atoms with Gasteiger partial charge in [-0.3, -0.25) is 0 Å². The van der Waals surface area contributed by atoms with Gasteiger partial charge in [0.25, 0.3) is 0 Å². The first kappa shape index (κ1) is 11.0. The normalized spacial score (nSPS) is 12.6. The highest BCUT2D eigenvalue weighted by atomic mass is 15.2. The first-order valence-corrected chi connectivity index (χ1v) is 5.07. The molecule has 0 radical (unpaired) electrons. The largest absolute Gasteiger partial charge is 0.360 e. The van der Waals surface area contributed by atoms with E-state index in [2.05, 4.69) is 29.9 Å². The smallest absolute Gasteiger partial charge is 0.128 e. The first-order chi connectivity index (χ1) is 6.65. The third-order valence-electron chi connectivity index (χ3n) is 2.25. The maximum atomic E-state index is 5.81. The number of anilines is 1. The van der Waals surface area contributed by atoms with Crippen LogP contribution in [0.1, 0.15) is 31.9 Å². The second-order valence-electron chi connectivity index (χ2n) is 3.66. The molecule has 0 aromatic carbocycles. The van der Waals surface area contributed by atoms with Gasteiger partial charge in [0, 0.05) is 25.8 Å². The molecule has 3 nitrogen and oxygen atoms in total. The monoisotopic (exact) mass is 193 g/mol. The quantitative estimate of drug-likeness (QED) is 0.794. The lowest BCUT2D eigenvalue weighted by molar-refractivity contribution is 0.802. The molecular formula is C11H19N3. The van der Waals surface area contributed by atoms with Crippen molar-refractivity contribution in [2.24, 2.45) is 5.73 Å². The molecule has 0 aliphatic heterocycles. The SMILES string of the molecule is CCCN(C)c1cc([C@H](C)N)ccn1. The molecule has 1 heterocycles. The lowest BCUT2D eigenvalue weighted by atomic mass is 10.1. The minimum absolute atomic E-state index is 0.0757. The van der Waals surface area contributed by atoms with Crippen LogP contribution in [0.3, 0.4) is 0 Å². The van der Waals surface area contributed by atoms with Crippen LogP contribution in [0.2, 0.25) is 0 Å². The van der Waals surface area contributed by atoms with Crippen LogP contribution in [0.25, 0.3) is 0 Å². The van der Waals surface area contributed by atoms with Crippen LogP contribution in [0.4, 0.5) is 5.82 Å². The highest BCUT2D eigenvalue weighted by Crippen LogP contribution is 2.15. The number of hydrogen-bond acceptors (Lipinski definition) is 3. The number of rotatable bonds is 4. The molecular weight excluding hydrogens is 174 g/mol. The Kier molecular flexibility index (Phi) is 3.89. The van der Waals surface area contributed by atoms with Crippen LogP contribution < -0.4 is 10.6 Å². The molecule has 0 aliphatic carbocycles. The van der Waals surface area contributed by atoms with Crippen molar-refractivity contribution in [3.8, 4) is 0 Å². The fraction of sp³-hybridized carbons (Fsp3) is 0.545. The number of aromatic nitrogens is 1. The van der Waals surface area contributed by atoms with Gasteiger partial charge in [0.15, 0.2) is 0 Å². The Morgan fingerprint density at radius 2 is 2.29 bits per heavy atom. The Labute approximate surface area is 85.9 Å². The van der Waals surface area contributed by atoms with Crippen molar-refractivity contribution in [1.29, 1.82) is 0 Å². The molecule has 14 heavy (non-hydrogen) atoms. The molecule has 1 aromatic rings. The Bertz CT molecular complexity index is 284. The third kappa shape index (κ3) is 2.70. The number of hydrogen-bond donors (Lipinski definition) is 1. The fourth-order valence-corrected chi connectivity index (χ4v) is 1.38. The molecule has 0 spiro atoms. The Morgan fingerprint density at radius 3 is 2.86 bits per heavy atom. The topological polar surface area (TPSA) is 42.1 Å². The molecule has 0 fully saturated rings. The number of pyridine rings is 1. The summed E-state index contributed by atoms with van der Waals surface area (Å²) in [5.41, 5.74) is 6.95. The summed E-state index contributed by atoms with van der Waals surface area (Å²) < 4.78 is 0. The molecule has 0 saturated carbocycles. The van der Waals surface area contributed by atoms with Crippen molar-refractivity contribution in [2.75, 3.05) is 18.5 Å². The summed E-state index contributed by atoms with van der Waals surface area (Å²) in [6.07, 6.45) is 2.95. The van der Waals surface area contributed by atoms with Gasteiger partial charge in [-0.05, 0) is 31.0 Å². The van der Waals surface area contributed by atoms with Crippen LogP contribution in [0, 0.1) is 0 Å². The van der Waals surface area contributed by atoms with E-state index in [1.807, 2.05) is 19.2 Å². The van der Waals surface area contributed by atoms with Crippen molar-refractivity contribution in [1.82, 2.24) is 4.98 Å². The van der Waals surface area contributed by atoms with Crippen LogP contribution in [-0.2, 0) is 0 Å². The van der Waals surface area contributed by atoms with Crippen molar-refractivity contribution >= 4 is 5.82 Å². The molecule has 0 amide bonds. The molecule has 1 rings (SSSR count). The Hall–Kier alpha value is -1.09. The van der Waals surface area contributed by atoms with E-state index in [9.17, 15) is 0 Å². The maximum absolute atomic E-state index is 5.81. The van der Waals surface area contributed by atoms with Gasteiger partial charge in [-0.15, -0.1) is 0 Å². The zero-order chi connectivity index (χ0) is 10.6. The predicted molar refractivity (Wildman–Crippen MR) is 60.4 cm³/mol. The van der Waals surface area contributed by atoms with E-state index in [0.717, 1.165) is 24.3 Å². The molecule has 3 heteroatoms. The zero-order valence-corrected chi connectivity index (χ0v) is 9.20. The van der Waals surface area contributed by atoms with E-state index in [-0.39, 0.29) is 6.04 Å². The average Bonchev–Trinajstić information content (AvgIpc) is 2.18. The van der Waals surface area contributed by atoms with Crippen LogP contribution in [0.5, 0.6) is 0 Å². The second-order valence-corrected chi connectivity index (χ2v) is 3.66. The summed E-state index contributed by atoms with van der Waals surface area (Å²) in [7, 11) is 2.05. The third-order valence-corrected chi connectivity index (χ3v) is 2.25. The van der Waals surface area contributed by atoms with Crippen LogP contribution in [-0.4, -0.2) is 18.6 Å². The molecule has 2 N–H and O–H groups in total. The van der Waals surface area contributed by atoms with Crippen molar-refractivity contribution in [2.45, 2.75) is 26.3 Å². The standard InChI is InChI=1S/C11H19N3/c1-4-7-14(3)11-8-10(9(2)12)5-6-13-11/h5-6,8-9H,4,7,12H2,1-3H3/t9-/m0/s1. The number of nitrogens with two attached hydrogens (primary N) is 1. The van der Waals surface area contributed by atoms with E-state index >= 15 is 0 Å². The second kappa shape index (κ2) is 4.96. The van der Waals surface area contributed by atoms with Crippen molar-refractivity contribution in [3.63, 3.8) is 0 Å². The summed E-state index contributed by atoms with van der Waals surface area (Å²) in [5.74, 6) is 1.00. The molecule has 0 bridgehead atoms. The summed E-state index contributed by atoms with van der Waals surface area (Å²) in [4.78, 5) is 6.46. The zero-order valence-electron chi connectivity index (χ0n) is 9.20. The molecule has 78 valence electrons. The minimum Gasteiger partial charge on any atom is -0.360 e. The lowest BCUT2D eigenvalue weighted by Crippen LogP contribution is -2.19. The summed E-state index contributed by atoms with van der Waals surface area (Å²) in [5, 5.41) is 0. The predicted octanol–water partition coefficient (Wildman–Crippen LogP) is 1.95. The Balaban J connectivity index is 2.82. The summed E-state index contributed by atoms with van der Waals surface area (Å²) >= 11 is 0. The van der Waals surface area contributed by atoms with Gasteiger partial charge in [-0.25, -0.2) is 4.98 Å². The van der Waals surface area contributed by atoms with E-state index in [4.69, 9.17) is 5.73 Å². The van der Waals surface area contributed by atoms with Crippen LogP contribution in [0.15, 0.2) is 18.3 Å². The molecule has 0 saturated heterocycles. The average molecular weight is 193 g/mol. The van der Waals surface area contributed by atoms with Crippen molar-refractivity contribution < 1.29 is 0 Å². The lowest BCUT2D eigenvalue weighted by Gasteiger charge is -2.18. The van der Waals surface area contributed by atoms with E-state index in [1.54, 1.807) is 0 Å². The van der Waals surface area contributed by atoms with Gasteiger partial charge in [0.2, 0.25) is 0 Å². The van der Waals surface area contributed by atoms with Gasteiger partial charge in [-0.1, -0.05) is 6.92 Å². The molecule has 1 atom stereocenters. The highest BCUT2D eigenvalue weighted by molar-refractivity contribution is 5.40. The molecule has 1 aromatic heterocycles. The maximum Gasteiger partial charge on any atom is 0.128 e. The van der Waals surface area contributed by atoms with E-state index in [1.165, 1.54) is 0 Å². The van der Waals surface area contributed by atoms with Gasteiger partial charge in [-0.2, -0.15) is 0 Å². The minimum atomic E-state index is 0.0757. The first-order valence-electron chi connectivity index (χ1n) is 5.07. The Morgan fingerprint density at radius 1 is 1.57 bits per heavy atom. The van der Waals surface area contributed by atoms with Gasteiger partial charge in [0.05, 0.1) is 0 Å². The van der Waals surface area contributed by atoms with E-state index in [0.29, 0.717) is 0 Å². The fourth-order valence-electron chi connectivity index (χ4n) is 1.38. The molecule has 0 aliphatic rings. The summed E-state index contributed by atoms with van der Waals surface area (Å²) in [6.45, 7) is 5.17. The van der Waals surface area contributed by atoms with Crippen LogP contribution >= 0.6 is 0 Å². The summed E-state index contributed by atoms with van der Waals surface area (Å²) in [6, 6.07) is 4.10.